The van der Waals surface area contributed by atoms with Gasteiger partial charge in [-0.1, -0.05) is 19.1 Å². The van der Waals surface area contributed by atoms with Crippen molar-refractivity contribution in [3.05, 3.63) is 78.1 Å². The minimum Gasteiger partial charge on any atom is -0.493 e. The first-order valence-corrected chi connectivity index (χ1v) is 9.43. The van der Waals surface area contributed by atoms with Gasteiger partial charge < -0.3 is 19.5 Å². The normalized spacial score (nSPS) is 10.4. The van der Waals surface area contributed by atoms with Gasteiger partial charge in [-0.15, -0.1) is 0 Å². The van der Waals surface area contributed by atoms with E-state index in [9.17, 15) is 9.90 Å². The smallest absolute Gasteiger partial charge is 0.335 e. The van der Waals surface area contributed by atoms with Gasteiger partial charge in [0.05, 0.1) is 19.3 Å². The predicted octanol–water partition coefficient (Wildman–Crippen LogP) is 4.92. The summed E-state index contributed by atoms with van der Waals surface area (Å²) in [4.78, 5) is 17.7. The van der Waals surface area contributed by atoms with Crippen LogP contribution in [0.3, 0.4) is 0 Å². The number of aromatic nitrogens is 1. The van der Waals surface area contributed by atoms with Crippen LogP contribution in [0.2, 0.25) is 0 Å². The van der Waals surface area contributed by atoms with Gasteiger partial charge >= 0.3 is 5.97 Å². The Balaban J connectivity index is 2.05. The number of pyridine rings is 1. The topological polar surface area (TPSA) is 71.9 Å². The molecule has 0 radical (unpaired) electrons. The van der Waals surface area contributed by atoms with Crippen LogP contribution >= 0.6 is 0 Å². The van der Waals surface area contributed by atoms with Gasteiger partial charge in [0.15, 0.2) is 11.5 Å². The summed E-state index contributed by atoms with van der Waals surface area (Å²) in [6, 6.07) is 16.4. The first kappa shape index (κ1) is 20.2. The number of benzene rings is 2. The van der Waals surface area contributed by atoms with Crippen molar-refractivity contribution in [2.24, 2.45) is 0 Å². The Morgan fingerprint density at radius 1 is 1.07 bits per heavy atom. The molecule has 150 valence electrons. The summed E-state index contributed by atoms with van der Waals surface area (Å²) in [7, 11) is 1.61. The molecule has 1 aromatic heterocycles. The molecule has 0 aliphatic heterocycles. The maximum Gasteiger partial charge on any atom is 0.335 e. The first-order chi connectivity index (χ1) is 14.1. The van der Waals surface area contributed by atoms with Crippen LogP contribution in [0.5, 0.6) is 11.5 Å². The Bertz CT molecular complexity index is 960. The summed E-state index contributed by atoms with van der Waals surface area (Å²) >= 11 is 0. The molecular formula is C23H24N2O4. The third kappa shape index (κ3) is 5.04. The summed E-state index contributed by atoms with van der Waals surface area (Å²) in [6.45, 7) is 3.15. The van der Waals surface area contributed by atoms with Crippen molar-refractivity contribution < 1.29 is 19.4 Å². The maximum atomic E-state index is 11.5. The van der Waals surface area contributed by atoms with Gasteiger partial charge in [-0.05, 0) is 48.4 Å². The van der Waals surface area contributed by atoms with E-state index in [1.165, 1.54) is 0 Å². The third-order valence-corrected chi connectivity index (χ3v) is 4.39. The van der Waals surface area contributed by atoms with Gasteiger partial charge in [-0.25, -0.2) is 4.79 Å². The molecule has 0 saturated heterocycles. The molecular weight excluding hydrogens is 368 g/mol. The van der Waals surface area contributed by atoms with Crippen LogP contribution in [0.4, 0.5) is 11.4 Å². The predicted molar refractivity (Wildman–Crippen MR) is 112 cm³/mol. The number of ether oxygens (including phenoxy) is 2. The second kappa shape index (κ2) is 9.59. The quantitative estimate of drug-likeness (QED) is 0.557. The molecule has 0 fully saturated rings. The molecule has 0 saturated carbocycles. The summed E-state index contributed by atoms with van der Waals surface area (Å²) in [5, 5.41) is 9.40. The van der Waals surface area contributed by atoms with Crippen molar-refractivity contribution in [1.82, 2.24) is 4.98 Å². The molecule has 0 aliphatic carbocycles. The van der Waals surface area contributed by atoms with Gasteiger partial charge in [-0.3, -0.25) is 4.98 Å². The Labute approximate surface area is 170 Å². The van der Waals surface area contributed by atoms with Gasteiger partial charge in [-0.2, -0.15) is 0 Å². The van der Waals surface area contributed by atoms with Gasteiger partial charge in [0.25, 0.3) is 0 Å². The number of methoxy groups -OCH3 is 1. The van der Waals surface area contributed by atoms with Crippen LogP contribution in [0, 0.1) is 0 Å². The summed E-state index contributed by atoms with van der Waals surface area (Å²) in [5.74, 6) is 0.343. The molecule has 0 spiro atoms. The number of carbonyl (C=O) groups is 1. The number of hydrogen-bond donors (Lipinski definition) is 1. The molecule has 6 heteroatoms. The van der Waals surface area contributed by atoms with Gasteiger partial charge in [0.1, 0.15) is 0 Å². The molecule has 0 bridgehead atoms. The zero-order valence-electron chi connectivity index (χ0n) is 16.5. The van der Waals surface area contributed by atoms with E-state index in [1.807, 2.05) is 48.2 Å². The third-order valence-electron chi connectivity index (χ3n) is 4.39. The zero-order valence-corrected chi connectivity index (χ0v) is 16.5. The summed E-state index contributed by atoms with van der Waals surface area (Å²) in [5.41, 5.74) is 2.86. The lowest BCUT2D eigenvalue weighted by atomic mass is 10.1. The fourth-order valence-electron chi connectivity index (χ4n) is 2.97. The number of carboxylic acid groups (broad SMARTS) is 1. The minimum atomic E-state index is -0.963. The standard InChI is InChI=1S/C23H24N2O4/c1-3-12-29-22-14-20(9-10-21(22)28-2)25(16-17-6-5-11-24-15-17)19-8-4-7-18(13-19)23(26)27/h4-11,13-15H,3,12,16H2,1-2H3,(H,26,27). The van der Waals surface area contributed by atoms with Crippen molar-refractivity contribution >= 4 is 17.3 Å². The van der Waals surface area contributed by atoms with Crippen molar-refractivity contribution in [1.29, 1.82) is 0 Å². The van der Waals surface area contributed by atoms with Crippen molar-refractivity contribution in [3.63, 3.8) is 0 Å². The van der Waals surface area contributed by atoms with E-state index in [0.717, 1.165) is 23.4 Å². The van der Waals surface area contributed by atoms with Gasteiger partial charge in [0, 0.05) is 36.4 Å². The Kier molecular flexibility index (Phi) is 6.68. The molecule has 0 amide bonds. The van der Waals surface area contributed by atoms with Crippen LogP contribution in [-0.4, -0.2) is 29.8 Å². The zero-order chi connectivity index (χ0) is 20.6. The van der Waals surface area contributed by atoms with E-state index in [-0.39, 0.29) is 5.56 Å². The second-order valence-corrected chi connectivity index (χ2v) is 6.49. The lowest BCUT2D eigenvalue weighted by molar-refractivity contribution is 0.0697. The first-order valence-electron chi connectivity index (χ1n) is 9.43. The lowest BCUT2D eigenvalue weighted by Crippen LogP contribution is -2.17. The minimum absolute atomic E-state index is 0.231. The highest BCUT2D eigenvalue weighted by Gasteiger charge is 2.16. The Morgan fingerprint density at radius 3 is 2.59 bits per heavy atom. The fraction of sp³-hybridized carbons (Fsp3) is 0.217. The highest BCUT2D eigenvalue weighted by Crippen LogP contribution is 2.36. The van der Waals surface area contributed by atoms with Gasteiger partial charge in [0.2, 0.25) is 0 Å². The van der Waals surface area contributed by atoms with Crippen LogP contribution in [0.1, 0.15) is 29.3 Å². The number of rotatable bonds is 9. The summed E-state index contributed by atoms with van der Waals surface area (Å²) in [6.07, 6.45) is 4.41. The van der Waals surface area contributed by atoms with E-state index >= 15 is 0 Å². The molecule has 6 nitrogen and oxygen atoms in total. The molecule has 2 aromatic carbocycles. The van der Waals surface area contributed by atoms with Crippen molar-refractivity contribution in [3.8, 4) is 11.5 Å². The number of aromatic carboxylic acids is 1. The molecule has 1 N–H and O–H groups in total. The number of nitrogens with zero attached hydrogens (tertiary/aromatic N) is 2. The summed E-state index contributed by atoms with van der Waals surface area (Å²) < 4.78 is 11.3. The number of anilines is 2. The van der Waals surface area contributed by atoms with Crippen molar-refractivity contribution in [2.45, 2.75) is 19.9 Å². The molecule has 0 atom stereocenters. The molecule has 3 aromatic rings. The van der Waals surface area contributed by atoms with Crippen LogP contribution in [0.25, 0.3) is 0 Å². The monoisotopic (exact) mass is 392 g/mol. The molecule has 0 unspecified atom stereocenters. The van der Waals surface area contributed by atoms with E-state index < -0.39 is 5.97 Å². The average molecular weight is 392 g/mol. The number of hydrogen-bond acceptors (Lipinski definition) is 5. The maximum absolute atomic E-state index is 11.5. The average Bonchev–Trinajstić information content (AvgIpc) is 2.76. The molecule has 1 heterocycles. The molecule has 29 heavy (non-hydrogen) atoms. The van der Waals surface area contributed by atoms with E-state index in [4.69, 9.17) is 9.47 Å². The highest BCUT2D eigenvalue weighted by molar-refractivity contribution is 5.89. The largest absolute Gasteiger partial charge is 0.493 e. The number of carboxylic acids is 1. The SMILES string of the molecule is CCCOc1cc(N(Cc2cccnc2)c2cccc(C(=O)O)c2)ccc1OC. The second-order valence-electron chi connectivity index (χ2n) is 6.49. The van der Waals surface area contributed by atoms with E-state index in [1.54, 1.807) is 37.7 Å². The van der Waals surface area contributed by atoms with E-state index in [0.29, 0.717) is 24.7 Å². The molecule has 0 aliphatic rings. The highest BCUT2D eigenvalue weighted by atomic mass is 16.5. The van der Waals surface area contributed by atoms with Crippen LogP contribution in [0.15, 0.2) is 67.0 Å². The fourth-order valence-corrected chi connectivity index (χ4v) is 2.97. The Hall–Kier alpha value is -3.54. The molecule has 3 rings (SSSR count). The Morgan fingerprint density at radius 2 is 1.90 bits per heavy atom. The van der Waals surface area contributed by atoms with E-state index in [2.05, 4.69) is 4.98 Å². The van der Waals surface area contributed by atoms with Crippen molar-refractivity contribution in [2.75, 3.05) is 18.6 Å². The van der Waals surface area contributed by atoms with Crippen LogP contribution in [-0.2, 0) is 6.54 Å². The lowest BCUT2D eigenvalue weighted by Gasteiger charge is -2.26. The van der Waals surface area contributed by atoms with Crippen LogP contribution < -0.4 is 14.4 Å².